The normalized spacial score (nSPS) is 10.9. The van der Waals surface area contributed by atoms with E-state index in [4.69, 9.17) is 17.3 Å². The number of hydrogen-bond donors (Lipinski definition) is 1. The van der Waals surface area contributed by atoms with Crippen molar-refractivity contribution in [1.29, 1.82) is 0 Å². The zero-order valence-corrected chi connectivity index (χ0v) is 10.8. The molecular weight excluding hydrogens is 284 g/mol. The van der Waals surface area contributed by atoms with E-state index in [2.05, 4.69) is 9.97 Å². The van der Waals surface area contributed by atoms with Crippen molar-refractivity contribution in [3.8, 4) is 11.4 Å². The molecule has 1 aromatic heterocycles. The number of nitrogen functional groups attached to an aromatic ring is 1. The second kappa shape index (κ2) is 4.68. The minimum absolute atomic E-state index is 0.0948. The van der Waals surface area contributed by atoms with Gasteiger partial charge in [-0.15, -0.1) is 0 Å². The molecule has 2 aromatic carbocycles. The summed E-state index contributed by atoms with van der Waals surface area (Å²) < 4.78 is 26.7. The fourth-order valence-electron chi connectivity index (χ4n) is 1.92. The minimum Gasteiger partial charge on any atom is -0.383 e. The van der Waals surface area contributed by atoms with Crippen molar-refractivity contribution in [2.24, 2.45) is 0 Å². The van der Waals surface area contributed by atoms with E-state index < -0.39 is 11.6 Å². The fraction of sp³-hybridized carbons (Fsp3) is 0. The van der Waals surface area contributed by atoms with E-state index in [1.807, 2.05) is 0 Å². The Morgan fingerprint density at radius 2 is 1.85 bits per heavy atom. The van der Waals surface area contributed by atoms with Crippen LogP contribution in [0, 0.1) is 11.6 Å². The van der Waals surface area contributed by atoms with Gasteiger partial charge in [-0.2, -0.15) is 0 Å². The van der Waals surface area contributed by atoms with Gasteiger partial charge < -0.3 is 5.73 Å². The van der Waals surface area contributed by atoms with Crippen LogP contribution in [-0.4, -0.2) is 9.97 Å². The number of nitrogens with two attached hydrogens (primary N) is 1. The smallest absolute Gasteiger partial charge is 0.163 e. The van der Waals surface area contributed by atoms with Crippen molar-refractivity contribution >= 4 is 28.3 Å². The summed E-state index contributed by atoms with van der Waals surface area (Å²) in [5.74, 6) is -0.673. The molecule has 0 aliphatic carbocycles. The third-order valence-corrected chi connectivity index (χ3v) is 3.27. The summed E-state index contributed by atoms with van der Waals surface area (Å²) in [6.07, 6.45) is 0. The van der Waals surface area contributed by atoms with Crippen LogP contribution in [-0.2, 0) is 0 Å². The van der Waals surface area contributed by atoms with E-state index in [0.29, 0.717) is 16.5 Å². The van der Waals surface area contributed by atoms with E-state index >= 15 is 0 Å². The van der Waals surface area contributed by atoms with Crippen LogP contribution in [0.1, 0.15) is 0 Å². The van der Waals surface area contributed by atoms with Crippen molar-refractivity contribution in [1.82, 2.24) is 9.97 Å². The SMILES string of the molecule is Nc1nc(-c2cccc(F)c2Cl)nc2cc(F)ccc12. The number of fused-ring (bicyclic) bond motifs is 1. The van der Waals surface area contributed by atoms with E-state index in [1.54, 1.807) is 6.07 Å². The number of anilines is 1. The summed E-state index contributed by atoms with van der Waals surface area (Å²) in [6.45, 7) is 0. The van der Waals surface area contributed by atoms with Gasteiger partial charge in [-0.05, 0) is 24.3 Å². The minimum atomic E-state index is -0.578. The molecule has 100 valence electrons. The van der Waals surface area contributed by atoms with Crippen LogP contribution in [0.4, 0.5) is 14.6 Å². The monoisotopic (exact) mass is 291 g/mol. The van der Waals surface area contributed by atoms with Crippen molar-refractivity contribution in [2.75, 3.05) is 5.73 Å². The van der Waals surface area contributed by atoms with Crippen LogP contribution >= 0.6 is 11.6 Å². The third kappa shape index (κ3) is 2.06. The van der Waals surface area contributed by atoms with E-state index in [9.17, 15) is 8.78 Å². The van der Waals surface area contributed by atoms with Crippen molar-refractivity contribution in [3.05, 3.63) is 53.1 Å². The molecule has 0 amide bonds. The predicted octanol–water partition coefficient (Wildman–Crippen LogP) is 3.81. The van der Waals surface area contributed by atoms with Gasteiger partial charge in [0, 0.05) is 17.0 Å². The Hall–Kier alpha value is -2.27. The first-order chi connectivity index (χ1) is 9.56. The Bertz CT molecular complexity index is 821. The number of halogens is 3. The molecule has 2 N–H and O–H groups in total. The van der Waals surface area contributed by atoms with Gasteiger partial charge in [0.25, 0.3) is 0 Å². The first-order valence-electron chi connectivity index (χ1n) is 5.73. The molecule has 0 bridgehead atoms. The molecule has 0 aliphatic heterocycles. The molecule has 0 radical (unpaired) electrons. The molecule has 0 saturated carbocycles. The van der Waals surface area contributed by atoms with Crippen molar-refractivity contribution < 1.29 is 8.78 Å². The van der Waals surface area contributed by atoms with Crippen LogP contribution in [0.25, 0.3) is 22.3 Å². The van der Waals surface area contributed by atoms with Crippen LogP contribution < -0.4 is 5.73 Å². The van der Waals surface area contributed by atoms with E-state index in [-0.39, 0.29) is 16.7 Å². The Morgan fingerprint density at radius 1 is 1.05 bits per heavy atom. The number of benzene rings is 2. The topological polar surface area (TPSA) is 51.8 Å². The fourth-order valence-corrected chi connectivity index (χ4v) is 2.13. The molecule has 1 heterocycles. The summed E-state index contributed by atoms with van der Waals surface area (Å²) in [7, 11) is 0. The van der Waals surface area contributed by atoms with Crippen molar-refractivity contribution in [2.45, 2.75) is 0 Å². The summed E-state index contributed by atoms with van der Waals surface area (Å²) in [5.41, 5.74) is 6.47. The van der Waals surface area contributed by atoms with E-state index in [0.717, 1.165) is 0 Å². The molecule has 0 fully saturated rings. The molecule has 6 heteroatoms. The first kappa shape index (κ1) is 12.7. The molecular formula is C14H8ClF2N3. The van der Waals surface area contributed by atoms with Gasteiger partial charge in [0.05, 0.1) is 10.5 Å². The third-order valence-electron chi connectivity index (χ3n) is 2.88. The average molecular weight is 292 g/mol. The Kier molecular flexibility index (Phi) is 2.99. The lowest BCUT2D eigenvalue weighted by molar-refractivity contribution is 0.628. The highest BCUT2D eigenvalue weighted by Gasteiger charge is 2.13. The first-order valence-corrected chi connectivity index (χ1v) is 6.11. The standard InChI is InChI=1S/C14H8ClF2N3/c15-12-9(2-1-3-10(12)17)14-19-11-6-7(16)4-5-8(11)13(18)20-14/h1-6H,(H2,18,19,20). The lowest BCUT2D eigenvalue weighted by Gasteiger charge is -2.07. The number of nitrogens with zero attached hydrogens (tertiary/aromatic N) is 2. The molecule has 0 aliphatic rings. The predicted molar refractivity (Wildman–Crippen MR) is 74.3 cm³/mol. The van der Waals surface area contributed by atoms with Crippen LogP contribution in [0.2, 0.25) is 5.02 Å². The Balaban J connectivity index is 2.29. The molecule has 0 unspecified atom stereocenters. The molecule has 20 heavy (non-hydrogen) atoms. The highest BCUT2D eigenvalue weighted by Crippen LogP contribution is 2.30. The average Bonchev–Trinajstić information content (AvgIpc) is 2.41. The van der Waals surface area contributed by atoms with Crippen LogP contribution in [0.15, 0.2) is 36.4 Å². The number of aromatic nitrogens is 2. The molecule has 0 spiro atoms. The van der Waals surface area contributed by atoms with Crippen LogP contribution in [0.5, 0.6) is 0 Å². The summed E-state index contributed by atoms with van der Waals surface area (Å²) >= 11 is 5.89. The molecule has 3 aromatic rings. The highest BCUT2D eigenvalue weighted by atomic mass is 35.5. The summed E-state index contributed by atoms with van der Waals surface area (Å²) in [6, 6.07) is 8.31. The quantitative estimate of drug-likeness (QED) is 0.742. The molecule has 0 atom stereocenters. The maximum atomic E-state index is 13.5. The zero-order valence-electron chi connectivity index (χ0n) is 10.1. The summed E-state index contributed by atoms with van der Waals surface area (Å²) in [4.78, 5) is 8.28. The van der Waals surface area contributed by atoms with E-state index in [1.165, 1.54) is 30.3 Å². The second-order valence-electron chi connectivity index (χ2n) is 4.20. The maximum absolute atomic E-state index is 13.5. The van der Waals surface area contributed by atoms with Gasteiger partial charge in [-0.25, -0.2) is 18.7 Å². The largest absolute Gasteiger partial charge is 0.383 e. The van der Waals surface area contributed by atoms with Gasteiger partial charge in [0.15, 0.2) is 5.82 Å². The lowest BCUT2D eigenvalue weighted by Crippen LogP contribution is -1.99. The number of rotatable bonds is 1. The van der Waals surface area contributed by atoms with Gasteiger partial charge in [-0.1, -0.05) is 17.7 Å². The van der Waals surface area contributed by atoms with Gasteiger partial charge in [0.1, 0.15) is 17.5 Å². The number of hydrogen-bond acceptors (Lipinski definition) is 3. The molecule has 3 nitrogen and oxygen atoms in total. The van der Waals surface area contributed by atoms with Gasteiger partial charge >= 0.3 is 0 Å². The Labute approximate surface area is 118 Å². The zero-order chi connectivity index (χ0) is 14.3. The van der Waals surface area contributed by atoms with Gasteiger partial charge in [-0.3, -0.25) is 0 Å². The van der Waals surface area contributed by atoms with Crippen molar-refractivity contribution in [3.63, 3.8) is 0 Å². The van der Waals surface area contributed by atoms with Crippen LogP contribution in [0.3, 0.4) is 0 Å². The highest BCUT2D eigenvalue weighted by molar-refractivity contribution is 6.33. The van der Waals surface area contributed by atoms with Gasteiger partial charge in [0.2, 0.25) is 0 Å². The summed E-state index contributed by atoms with van der Waals surface area (Å²) in [5, 5.41) is 0.435. The second-order valence-corrected chi connectivity index (χ2v) is 4.57. The molecule has 3 rings (SSSR count). The molecule has 0 saturated heterocycles. The maximum Gasteiger partial charge on any atom is 0.163 e. The lowest BCUT2D eigenvalue weighted by atomic mass is 10.1. The Morgan fingerprint density at radius 3 is 2.65 bits per heavy atom.